The molecule has 0 saturated carbocycles. The number of hydrogen-bond donors (Lipinski definition) is 0. The number of allylic oxidation sites excluding steroid dienone is 3. The van der Waals surface area contributed by atoms with Crippen molar-refractivity contribution in [3.8, 4) is 22.3 Å². The van der Waals surface area contributed by atoms with Crippen molar-refractivity contribution in [2.45, 2.75) is 13.8 Å². The number of rotatable bonds is 10. The van der Waals surface area contributed by atoms with Crippen LogP contribution in [0, 0.1) is 13.8 Å². The molecular formula is C52H42N2. The largest absolute Gasteiger partial charge is 0.311 e. The fourth-order valence-corrected chi connectivity index (χ4v) is 7.66. The van der Waals surface area contributed by atoms with Gasteiger partial charge in [0, 0.05) is 34.1 Å². The fourth-order valence-electron chi connectivity index (χ4n) is 7.66. The summed E-state index contributed by atoms with van der Waals surface area (Å²) in [4.78, 5) is 4.57. The molecule has 0 amide bonds. The second kappa shape index (κ2) is 15.0. The van der Waals surface area contributed by atoms with E-state index in [0.29, 0.717) is 0 Å². The lowest BCUT2D eigenvalue weighted by molar-refractivity contribution is 1.21. The molecule has 0 aliphatic heterocycles. The molecule has 0 spiro atoms. The molecule has 8 rings (SSSR count). The van der Waals surface area contributed by atoms with Crippen molar-refractivity contribution in [3.05, 3.63) is 224 Å². The van der Waals surface area contributed by atoms with Gasteiger partial charge in [-0.3, -0.25) is 0 Å². The first-order chi connectivity index (χ1) is 26.5. The van der Waals surface area contributed by atoms with E-state index >= 15 is 0 Å². The van der Waals surface area contributed by atoms with Gasteiger partial charge in [0.2, 0.25) is 0 Å². The summed E-state index contributed by atoms with van der Waals surface area (Å²) in [7, 11) is 0. The fraction of sp³-hybridized carbons (Fsp3) is 0.0385. The average molecular weight is 695 g/mol. The quantitative estimate of drug-likeness (QED) is 0.104. The van der Waals surface area contributed by atoms with Gasteiger partial charge in [0.1, 0.15) is 0 Å². The van der Waals surface area contributed by atoms with Crippen LogP contribution in [0.3, 0.4) is 0 Å². The molecule has 0 bridgehead atoms. The first-order valence-corrected chi connectivity index (χ1v) is 18.4. The Balaban J connectivity index is 1.38. The van der Waals surface area contributed by atoms with E-state index in [1.807, 2.05) is 24.3 Å². The van der Waals surface area contributed by atoms with Crippen molar-refractivity contribution in [1.82, 2.24) is 0 Å². The minimum atomic E-state index is 0.949. The SMILES string of the molecule is C=C/C=C(\C=C)N(c1ccccc1)c1cccc(-c2c3ccc(C)cc3c(-c3cccc(N(c4ccccc4)c4ccccc4)c3)c3ccc(C)cc23)c1. The van der Waals surface area contributed by atoms with Crippen LogP contribution in [0.15, 0.2) is 213 Å². The second-order valence-electron chi connectivity index (χ2n) is 13.7. The van der Waals surface area contributed by atoms with Crippen molar-refractivity contribution >= 4 is 50.0 Å². The third kappa shape index (κ3) is 6.51. The van der Waals surface area contributed by atoms with Gasteiger partial charge >= 0.3 is 0 Å². The number of para-hydroxylation sites is 3. The highest BCUT2D eigenvalue weighted by molar-refractivity contribution is 6.22. The first kappa shape index (κ1) is 34.2. The Bertz CT molecular complexity index is 2620. The van der Waals surface area contributed by atoms with Gasteiger partial charge in [0.05, 0.1) is 0 Å². The Morgan fingerprint density at radius 1 is 0.426 bits per heavy atom. The molecule has 0 radical (unpaired) electrons. The van der Waals surface area contributed by atoms with Gasteiger partial charge in [-0.15, -0.1) is 0 Å². The molecule has 260 valence electrons. The number of hydrogen-bond acceptors (Lipinski definition) is 2. The molecule has 8 aromatic rings. The van der Waals surface area contributed by atoms with Gasteiger partial charge in [0.25, 0.3) is 0 Å². The number of aryl methyl sites for hydroxylation is 2. The molecule has 0 fully saturated rings. The highest BCUT2D eigenvalue weighted by Gasteiger charge is 2.21. The number of anilines is 5. The maximum Gasteiger partial charge on any atom is 0.0467 e. The maximum atomic E-state index is 4.16. The molecule has 0 unspecified atom stereocenters. The van der Waals surface area contributed by atoms with Crippen LogP contribution < -0.4 is 9.80 Å². The van der Waals surface area contributed by atoms with E-state index in [9.17, 15) is 0 Å². The molecule has 0 heterocycles. The predicted octanol–water partition coefficient (Wildman–Crippen LogP) is 14.8. The summed E-state index contributed by atoms with van der Waals surface area (Å²) in [5.41, 5.74) is 13.6. The van der Waals surface area contributed by atoms with Crippen LogP contribution in [-0.4, -0.2) is 0 Å². The van der Waals surface area contributed by atoms with Gasteiger partial charge in [-0.25, -0.2) is 0 Å². The zero-order valence-electron chi connectivity index (χ0n) is 30.8. The zero-order chi connectivity index (χ0) is 37.0. The lowest BCUT2D eigenvalue weighted by Crippen LogP contribution is -2.14. The minimum Gasteiger partial charge on any atom is -0.311 e. The van der Waals surface area contributed by atoms with Crippen molar-refractivity contribution in [3.63, 3.8) is 0 Å². The van der Waals surface area contributed by atoms with E-state index in [0.717, 1.165) is 39.7 Å². The van der Waals surface area contributed by atoms with E-state index < -0.39 is 0 Å². The third-order valence-electron chi connectivity index (χ3n) is 10.0. The summed E-state index contributed by atoms with van der Waals surface area (Å²) in [6.07, 6.45) is 5.71. The highest BCUT2D eigenvalue weighted by Crippen LogP contribution is 2.46. The van der Waals surface area contributed by atoms with E-state index in [1.54, 1.807) is 0 Å². The lowest BCUT2D eigenvalue weighted by Gasteiger charge is -2.27. The van der Waals surface area contributed by atoms with E-state index in [1.165, 1.54) is 49.4 Å². The van der Waals surface area contributed by atoms with Crippen molar-refractivity contribution < 1.29 is 0 Å². The van der Waals surface area contributed by atoms with E-state index in [-0.39, 0.29) is 0 Å². The summed E-state index contributed by atoms with van der Waals surface area (Å²) in [6.45, 7) is 12.5. The van der Waals surface area contributed by atoms with Gasteiger partial charge in [-0.2, -0.15) is 0 Å². The second-order valence-corrected chi connectivity index (χ2v) is 13.7. The summed E-state index contributed by atoms with van der Waals surface area (Å²) in [6, 6.07) is 63.3. The molecule has 0 saturated heterocycles. The third-order valence-corrected chi connectivity index (χ3v) is 10.0. The topological polar surface area (TPSA) is 6.48 Å². The molecule has 2 nitrogen and oxygen atoms in total. The number of benzene rings is 8. The Morgan fingerprint density at radius 3 is 1.35 bits per heavy atom. The van der Waals surface area contributed by atoms with Gasteiger partial charge in [-0.1, -0.05) is 146 Å². The summed E-state index contributed by atoms with van der Waals surface area (Å²) < 4.78 is 0. The summed E-state index contributed by atoms with van der Waals surface area (Å²) >= 11 is 0. The van der Waals surface area contributed by atoms with Crippen LogP contribution in [0.25, 0.3) is 43.8 Å². The Labute approximate surface area is 318 Å². The monoisotopic (exact) mass is 694 g/mol. The Morgan fingerprint density at radius 2 is 0.870 bits per heavy atom. The molecule has 0 aliphatic rings. The molecule has 8 aromatic carbocycles. The van der Waals surface area contributed by atoms with Gasteiger partial charge < -0.3 is 9.80 Å². The number of fused-ring (bicyclic) bond motifs is 2. The first-order valence-electron chi connectivity index (χ1n) is 18.4. The van der Waals surface area contributed by atoms with Crippen LogP contribution in [-0.2, 0) is 0 Å². The normalized spacial score (nSPS) is 11.4. The summed E-state index contributed by atoms with van der Waals surface area (Å²) in [5.74, 6) is 0. The van der Waals surface area contributed by atoms with Crippen LogP contribution in [0.1, 0.15) is 11.1 Å². The van der Waals surface area contributed by atoms with E-state index in [4.69, 9.17) is 0 Å². The highest BCUT2D eigenvalue weighted by atomic mass is 15.1. The molecule has 0 N–H and O–H groups in total. The Kier molecular flexibility index (Phi) is 9.49. The average Bonchev–Trinajstić information content (AvgIpc) is 3.21. The van der Waals surface area contributed by atoms with Crippen LogP contribution in [0.5, 0.6) is 0 Å². The molecule has 0 aliphatic carbocycles. The summed E-state index contributed by atoms with van der Waals surface area (Å²) in [5, 5.41) is 4.90. The van der Waals surface area contributed by atoms with Gasteiger partial charge in [0.15, 0.2) is 0 Å². The standard InChI is InChI=1S/C52H42N2/c1-5-18-41(6-2)53(42-21-10-7-11-22-42)45-27-16-19-39(35-45)51-47-31-29-38(4)34-50(47)52(48-32-30-37(3)33-49(48)51)40-20-17-28-46(36-40)54(43-23-12-8-13-24-43)44-25-14-9-15-26-44/h5-36H,1-2H2,3-4H3/b41-18+. The van der Waals surface area contributed by atoms with Crippen molar-refractivity contribution in [2.75, 3.05) is 9.80 Å². The van der Waals surface area contributed by atoms with Crippen LogP contribution in [0.2, 0.25) is 0 Å². The molecular weight excluding hydrogens is 653 g/mol. The van der Waals surface area contributed by atoms with E-state index in [2.05, 4.69) is 207 Å². The Hall–Kier alpha value is -6.90. The van der Waals surface area contributed by atoms with Crippen molar-refractivity contribution in [1.29, 1.82) is 0 Å². The maximum absolute atomic E-state index is 4.16. The van der Waals surface area contributed by atoms with Crippen LogP contribution in [0.4, 0.5) is 28.4 Å². The minimum absolute atomic E-state index is 0.949. The van der Waals surface area contributed by atoms with Crippen molar-refractivity contribution in [2.24, 2.45) is 0 Å². The molecule has 54 heavy (non-hydrogen) atoms. The van der Waals surface area contributed by atoms with Gasteiger partial charge in [-0.05, 0) is 130 Å². The lowest BCUT2D eigenvalue weighted by atomic mass is 9.84. The molecule has 0 aromatic heterocycles. The molecule has 2 heteroatoms. The zero-order valence-corrected chi connectivity index (χ0v) is 30.8. The van der Waals surface area contributed by atoms with Crippen LogP contribution >= 0.6 is 0 Å². The predicted molar refractivity (Wildman–Crippen MR) is 234 cm³/mol. The number of nitrogens with zero attached hydrogens (tertiary/aromatic N) is 2. The smallest absolute Gasteiger partial charge is 0.0467 e. The molecule has 0 atom stereocenters.